The maximum atomic E-state index is 12.0. The molecule has 0 atom stereocenters. The molecule has 0 saturated heterocycles. The number of rotatable bonds is 7. The van der Waals surface area contributed by atoms with Crippen LogP contribution in [0.4, 0.5) is 5.69 Å². The van der Waals surface area contributed by atoms with Gasteiger partial charge in [0, 0.05) is 24.3 Å². The Hall–Kier alpha value is -2.34. The van der Waals surface area contributed by atoms with Crippen molar-refractivity contribution in [2.45, 2.75) is 33.2 Å². The van der Waals surface area contributed by atoms with Crippen LogP contribution in [0.3, 0.4) is 0 Å². The fourth-order valence-electron chi connectivity index (χ4n) is 2.13. The van der Waals surface area contributed by atoms with E-state index in [1.54, 1.807) is 22.9 Å². The first kappa shape index (κ1) is 18.0. The first-order chi connectivity index (χ1) is 11.5. The monoisotopic (exact) mass is 348 g/mol. The zero-order valence-corrected chi connectivity index (χ0v) is 14.8. The van der Waals surface area contributed by atoms with E-state index in [1.807, 2.05) is 6.92 Å². The van der Waals surface area contributed by atoms with E-state index in [4.69, 9.17) is 16.3 Å². The predicted octanol–water partition coefficient (Wildman–Crippen LogP) is 3.70. The zero-order chi connectivity index (χ0) is 17.5. The van der Waals surface area contributed by atoms with Crippen molar-refractivity contribution >= 4 is 29.3 Å². The summed E-state index contributed by atoms with van der Waals surface area (Å²) in [5.41, 5.74) is 2.15. The van der Waals surface area contributed by atoms with Gasteiger partial charge in [0.15, 0.2) is 0 Å². The highest BCUT2D eigenvalue weighted by atomic mass is 35.5. The van der Waals surface area contributed by atoms with E-state index in [0.29, 0.717) is 16.7 Å². The Balaban J connectivity index is 2.04. The Morgan fingerprint density at radius 3 is 2.88 bits per heavy atom. The molecule has 0 aliphatic carbocycles. The average molecular weight is 349 g/mol. The zero-order valence-electron chi connectivity index (χ0n) is 14.0. The molecule has 1 amide bonds. The van der Waals surface area contributed by atoms with Gasteiger partial charge in [-0.15, -0.1) is 0 Å². The van der Waals surface area contributed by atoms with Crippen LogP contribution in [0.2, 0.25) is 5.15 Å². The van der Waals surface area contributed by atoms with Gasteiger partial charge < -0.3 is 10.1 Å². The summed E-state index contributed by atoms with van der Waals surface area (Å²) in [5.74, 6) is 0.226. The minimum Gasteiger partial charge on any atom is -0.481 e. The van der Waals surface area contributed by atoms with Gasteiger partial charge in [-0.3, -0.25) is 9.48 Å². The molecular weight excluding hydrogens is 328 g/mol. The van der Waals surface area contributed by atoms with E-state index in [0.717, 1.165) is 30.6 Å². The molecule has 1 N–H and O–H groups in total. The number of hydrogen-bond donors (Lipinski definition) is 1. The van der Waals surface area contributed by atoms with Gasteiger partial charge in [-0.1, -0.05) is 24.9 Å². The minimum absolute atomic E-state index is 0.265. The number of unbranched alkanes of at least 4 members (excludes halogenated alkanes) is 1. The van der Waals surface area contributed by atoms with Gasteiger partial charge in [-0.05, 0) is 25.5 Å². The average Bonchev–Trinajstić information content (AvgIpc) is 2.85. The van der Waals surface area contributed by atoms with Crippen LogP contribution in [0, 0.1) is 6.92 Å². The number of ether oxygens (including phenoxy) is 1. The molecule has 0 unspecified atom stereocenters. The van der Waals surface area contributed by atoms with Gasteiger partial charge in [0.05, 0.1) is 24.7 Å². The lowest BCUT2D eigenvalue weighted by Crippen LogP contribution is -2.08. The van der Waals surface area contributed by atoms with Gasteiger partial charge in [0.2, 0.25) is 11.8 Å². The number of hydrogen-bond acceptors (Lipinski definition) is 4. The van der Waals surface area contributed by atoms with Crippen LogP contribution in [-0.4, -0.2) is 27.8 Å². The number of pyridine rings is 1. The van der Waals surface area contributed by atoms with Crippen LogP contribution in [0.15, 0.2) is 24.4 Å². The summed E-state index contributed by atoms with van der Waals surface area (Å²) >= 11 is 6.34. The lowest BCUT2D eigenvalue weighted by Gasteiger charge is -2.03. The molecule has 0 radical (unpaired) electrons. The topological polar surface area (TPSA) is 69.0 Å². The summed E-state index contributed by atoms with van der Waals surface area (Å²) in [5, 5.41) is 7.69. The SMILES string of the molecule is CCCCn1nc(C)c(/C=C/C(=O)Nc2ccc(OC)nc2)c1Cl. The summed E-state index contributed by atoms with van der Waals surface area (Å²) in [6.45, 7) is 4.76. The highest BCUT2D eigenvalue weighted by Crippen LogP contribution is 2.22. The molecular formula is C17H21ClN4O2. The van der Waals surface area contributed by atoms with Gasteiger partial charge in [0.25, 0.3) is 0 Å². The van der Waals surface area contributed by atoms with E-state index in [2.05, 4.69) is 22.3 Å². The van der Waals surface area contributed by atoms with Crippen molar-refractivity contribution in [3.05, 3.63) is 40.8 Å². The van der Waals surface area contributed by atoms with Crippen LogP contribution in [-0.2, 0) is 11.3 Å². The first-order valence-corrected chi connectivity index (χ1v) is 8.15. The number of nitrogens with zero attached hydrogens (tertiary/aromatic N) is 3. The van der Waals surface area contributed by atoms with Crippen molar-refractivity contribution in [3.63, 3.8) is 0 Å². The van der Waals surface area contributed by atoms with Gasteiger partial charge in [-0.2, -0.15) is 5.10 Å². The summed E-state index contributed by atoms with van der Waals surface area (Å²) in [6, 6.07) is 3.40. The Morgan fingerprint density at radius 2 is 2.25 bits per heavy atom. The molecule has 0 spiro atoms. The largest absolute Gasteiger partial charge is 0.481 e. The van der Waals surface area contributed by atoms with Crippen molar-refractivity contribution in [1.82, 2.24) is 14.8 Å². The molecule has 0 aromatic carbocycles. The third-order valence-electron chi connectivity index (χ3n) is 3.45. The van der Waals surface area contributed by atoms with Crippen LogP contribution in [0.1, 0.15) is 31.0 Å². The second-order valence-corrected chi connectivity index (χ2v) is 5.64. The lowest BCUT2D eigenvalue weighted by atomic mass is 10.2. The predicted molar refractivity (Wildman–Crippen MR) is 95.3 cm³/mol. The number of nitrogens with one attached hydrogen (secondary N) is 1. The normalized spacial score (nSPS) is 11.0. The highest BCUT2D eigenvalue weighted by molar-refractivity contribution is 6.31. The van der Waals surface area contributed by atoms with E-state index in [9.17, 15) is 4.79 Å². The number of carbonyl (C=O) groups excluding carboxylic acids is 1. The van der Waals surface area contributed by atoms with Crippen molar-refractivity contribution < 1.29 is 9.53 Å². The summed E-state index contributed by atoms with van der Waals surface area (Å²) in [4.78, 5) is 16.0. The summed E-state index contributed by atoms with van der Waals surface area (Å²) in [7, 11) is 1.54. The fraction of sp³-hybridized carbons (Fsp3) is 0.353. The van der Waals surface area contributed by atoms with Crippen molar-refractivity contribution in [3.8, 4) is 5.88 Å². The van der Waals surface area contributed by atoms with E-state index < -0.39 is 0 Å². The third kappa shape index (κ3) is 4.58. The quantitative estimate of drug-likeness (QED) is 0.774. The van der Waals surface area contributed by atoms with E-state index >= 15 is 0 Å². The smallest absolute Gasteiger partial charge is 0.248 e. The molecule has 2 heterocycles. The van der Waals surface area contributed by atoms with Crippen LogP contribution < -0.4 is 10.1 Å². The van der Waals surface area contributed by atoms with Gasteiger partial charge in [-0.25, -0.2) is 4.98 Å². The van der Waals surface area contributed by atoms with Gasteiger partial charge in [0.1, 0.15) is 5.15 Å². The lowest BCUT2D eigenvalue weighted by molar-refractivity contribution is -0.111. The molecule has 24 heavy (non-hydrogen) atoms. The summed E-state index contributed by atoms with van der Waals surface area (Å²) in [6.07, 6.45) is 6.73. The third-order valence-corrected chi connectivity index (χ3v) is 3.85. The van der Waals surface area contributed by atoms with E-state index in [-0.39, 0.29) is 5.91 Å². The molecule has 0 bridgehead atoms. The first-order valence-electron chi connectivity index (χ1n) is 7.77. The van der Waals surface area contributed by atoms with Crippen molar-refractivity contribution in [1.29, 1.82) is 0 Å². The number of halogens is 1. The standard InChI is InChI=1S/C17H21ClN4O2/c1-4-5-10-22-17(18)14(12(2)21-22)7-8-15(23)20-13-6-9-16(24-3)19-11-13/h6-9,11H,4-5,10H2,1-3H3,(H,20,23)/b8-7+. The van der Waals surface area contributed by atoms with Crippen molar-refractivity contribution in [2.75, 3.05) is 12.4 Å². The molecule has 2 aromatic heterocycles. The Bertz CT molecular complexity index is 723. The van der Waals surface area contributed by atoms with Crippen molar-refractivity contribution in [2.24, 2.45) is 0 Å². The van der Waals surface area contributed by atoms with Crippen LogP contribution >= 0.6 is 11.6 Å². The number of amides is 1. The number of methoxy groups -OCH3 is 1. The number of aromatic nitrogens is 3. The molecule has 0 fully saturated rings. The Labute approximate surface area is 146 Å². The summed E-state index contributed by atoms with van der Waals surface area (Å²) < 4.78 is 6.74. The Kier molecular flexibility index (Phi) is 6.37. The second-order valence-electron chi connectivity index (χ2n) is 5.28. The maximum absolute atomic E-state index is 12.0. The molecule has 0 aliphatic rings. The molecule has 128 valence electrons. The minimum atomic E-state index is -0.265. The number of anilines is 1. The molecule has 6 nitrogen and oxygen atoms in total. The number of carbonyl (C=O) groups is 1. The van der Waals surface area contributed by atoms with E-state index in [1.165, 1.54) is 19.4 Å². The molecule has 2 rings (SSSR count). The van der Waals surface area contributed by atoms with Gasteiger partial charge >= 0.3 is 0 Å². The molecule has 7 heteroatoms. The fourth-order valence-corrected chi connectivity index (χ4v) is 2.45. The maximum Gasteiger partial charge on any atom is 0.248 e. The van der Waals surface area contributed by atoms with Crippen LogP contribution in [0.5, 0.6) is 5.88 Å². The molecule has 0 aliphatic heterocycles. The second kappa shape index (κ2) is 8.49. The highest BCUT2D eigenvalue weighted by Gasteiger charge is 2.11. The molecule has 0 saturated carbocycles. The molecule has 2 aromatic rings. The number of aryl methyl sites for hydroxylation is 2. The Morgan fingerprint density at radius 1 is 1.46 bits per heavy atom. The van der Waals surface area contributed by atoms with Crippen LogP contribution in [0.25, 0.3) is 6.08 Å².